The Balaban J connectivity index is 1.30. The van der Waals surface area contributed by atoms with Crippen LogP contribution in [0.1, 0.15) is 34.6 Å². The average molecular weight is 502 g/mol. The molecule has 180 valence electrons. The lowest BCUT2D eigenvalue weighted by Crippen LogP contribution is -2.52. The number of halogens is 1. The Labute approximate surface area is 207 Å². The molecule has 0 radical (unpaired) electrons. The second kappa shape index (κ2) is 11.3. The van der Waals surface area contributed by atoms with Gasteiger partial charge in [-0.3, -0.25) is 14.6 Å². The van der Waals surface area contributed by atoms with Crippen LogP contribution in [-0.2, 0) is 22.6 Å². The van der Waals surface area contributed by atoms with E-state index in [0.29, 0.717) is 24.5 Å². The van der Waals surface area contributed by atoms with Crippen LogP contribution in [0.3, 0.4) is 0 Å². The number of aliphatic hydroxyl groups excluding tert-OH is 2. The number of hydrogen-bond acceptors (Lipinski definition) is 6. The SMILES string of the molecule is O=C(NCc1ccc(Cc2ccccc2Cl)s1)[C@H](O)[C@@H](O)C(=O)N1CCCC1C1=CC=NCC1. The minimum Gasteiger partial charge on any atom is -0.380 e. The van der Waals surface area contributed by atoms with Gasteiger partial charge >= 0.3 is 0 Å². The predicted octanol–water partition coefficient (Wildman–Crippen LogP) is 2.72. The molecule has 0 bridgehead atoms. The van der Waals surface area contributed by atoms with Crippen LogP contribution < -0.4 is 5.32 Å². The smallest absolute Gasteiger partial charge is 0.255 e. The maximum Gasteiger partial charge on any atom is 0.255 e. The first-order chi connectivity index (χ1) is 16.4. The van der Waals surface area contributed by atoms with E-state index in [4.69, 9.17) is 11.6 Å². The van der Waals surface area contributed by atoms with Crippen molar-refractivity contribution in [1.29, 1.82) is 0 Å². The second-order valence-electron chi connectivity index (χ2n) is 8.48. The monoisotopic (exact) mass is 501 g/mol. The van der Waals surface area contributed by atoms with Crippen molar-refractivity contribution in [2.24, 2.45) is 4.99 Å². The summed E-state index contributed by atoms with van der Waals surface area (Å²) in [5.41, 5.74) is 2.12. The molecule has 3 atom stereocenters. The van der Waals surface area contributed by atoms with Crippen LogP contribution >= 0.6 is 22.9 Å². The Kier molecular flexibility index (Phi) is 8.15. The van der Waals surface area contributed by atoms with Crippen molar-refractivity contribution in [2.75, 3.05) is 13.1 Å². The number of dihydropyridines is 1. The van der Waals surface area contributed by atoms with Crippen LogP contribution in [-0.4, -0.2) is 64.5 Å². The molecule has 2 aromatic rings. The number of nitrogens with zero attached hydrogens (tertiary/aromatic N) is 2. The molecule has 7 nitrogen and oxygen atoms in total. The molecule has 4 rings (SSSR count). The number of aliphatic hydroxyl groups is 2. The number of likely N-dealkylation sites (tertiary alicyclic amines) is 1. The minimum atomic E-state index is -1.83. The molecule has 3 N–H and O–H groups in total. The first-order valence-electron chi connectivity index (χ1n) is 11.4. The van der Waals surface area contributed by atoms with Gasteiger partial charge in [-0.15, -0.1) is 11.3 Å². The number of thiophene rings is 1. The molecule has 2 amide bonds. The summed E-state index contributed by atoms with van der Waals surface area (Å²) in [4.78, 5) is 33.1. The van der Waals surface area contributed by atoms with Crippen LogP contribution in [0.25, 0.3) is 0 Å². The number of carbonyl (C=O) groups excluding carboxylic acids is 2. The molecular formula is C25H28ClN3O4S. The van der Waals surface area contributed by atoms with Gasteiger partial charge in [0, 0.05) is 40.5 Å². The lowest BCUT2D eigenvalue weighted by molar-refractivity contribution is -0.153. The van der Waals surface area contributed by atoms with E-state index in [1.54, 1.807) is 11.1 Å². The molecule has 1 saturated heterocycles. The molecule has 3 heterocycles. The van der Waals surface area contributed by atoms with Crippen molar-refractivity contribution in [3.63, 3.8) is 0 Å². The molecule has 1 aromatic heterocycles. The Bertz CT molecular complexity index is 1100. The third kappa shape index (κ3) is 5.75. The summed E-state index contributed by atoms with van der Waals surface area (Å²) in [5, 5.41) is 24.2. The summed E-state index contributed by atoms with van der Waals surface area (Å²) >= 11 is 7.76. The lowest BCUT2D eigenvalue weighted by atomic mass is 9.99. The van der Waals surface area contributed by atoms with Gasteiger partial charge in [-0.2, -0.15) is 0 Å². The fourth-order valence-electron chi connectivity index (χ4n) is 4.36. The van der Waals surface area contributed by atoms with Gasteiger partial charge in [0.05, 0.1) is 12.6 Å². The van der Waals surface area contributed by atoms with Crippen molar-refractivity contribution in [3.8, 4) is 0 Å². The standard InChI is InChI=1S/C25H28ClN3O4S/c26-20-5-2-1-4-17(20)14-18-7-8-19(34-18)15-28-24(32)22(30)23(31)25(33)29-13-3-6-21(29)16-9-11-27-12-10-16/h1-2,4-5,7-9,11,21-23,30-31H,3,6,10,12-15H2,(H,28,32)/t21?,22-,23-/m1/s1. The maximum absolute atomic E-state index is 12.9. The van der Waals surface area contributed by atoms with Gasteiger partial charge in [-0.1, -0.05) is 29.8 Å². The maximum atomic E-state index is 12.9. The quantitative estimate of drug-likeness (QED) is 0.517. The molecule has 0 spiro atoms. The zero-order valence-electron chi connectivity index (χ0n) is 18.7. The molecule has 2 aliphatic rings. The van der Waals surface area contributed by atoms with Crippen LogP contribution in [0.2, 0.25) is 5.02 Å². The van der Waals surface area contributed by atoms with E-state index in [0.717, 1.165) is 40.2 Å². The molecule has 1 fully saturated rings. The first kappa shape index (κ1) is 24.6. The molecule has 2 aliphatic heterocycles. The van der Waals surface area contributed by atoms with Gasteiger partial charge < -0.3 is 20.4 Å². The zero-order valence-corrected chi connectivity index (χ0v) is 20.3. The van der Waals surface area contributed by atoms with Crippen molar-refractivity contribution in [1.82, 2.24) is 10.2 Å². The second-order valence-corrected chi connectivity index (χ2v) is 10.1. The third-order valence-electron chi connectivity index (χ3n) is 6.18. The Morgan fingerprint density at radius 3 is 2.74 bits per heavy atom. The highest BCUT2D eigenvalue weighted by atomic mass is 35.5. The lowest BCUT2D eigenvalue weighted by Gasteiger charge is -2.30. The van der Waals surface area contributed by atoms with Gasteiger partial charge in [0.15, 0.2) is 12.2 Å². The van der Waals surface area contributed by atoms with E-state index < -0.39 is 24.0 Å². The molecule has 1 aromatic carbocycles. The van der Waals surface area contributed by atoms with Gasteiger partial charge in [0.2, 0.25) is 0 Å². The Morgan fingerprint density at radius 2 is 1.97 bits per heavy atom. The first-order valence-corrected chi connectivity index (χ1v) is 12.6. The highest BCUT2D eigenvalue weighted by Crippen LogP contribution is 2.28. The van der Waals surface area contributed by atoms with E-state index in [9.17, 15) is 19.8 Å². The molecule has 0 aliphatic carbocycles. The summed E-state index contributed by atoms with van der Waals surface area (Å²) in [6.07, 6.45) is 3.08. The molecule has 9 heteroatoms. The summed E-state index contributed by atoms with van der Waals surface area (Å²) in [6, 6.07) is 11.4. The third-order valence-corrected chi connectivity index (χ3v) is 7.64. The number of rotatable bonds is 8. The van der Waals surface area contributed by atoms with E-state index in [-0.39, 0.29) is 12.6 Å². The van der Waals surface area contributed by atoms with Crippen LogP contribution in [0.15, 0.2) is 53.0 Å². The average Bonchev–Trinajstić information content (AvgIpc) is 3.53. The van der Waals surface area contributed by atoms with Crippen LogP contribution in [0, 0.1) is 0 Å². The number of nitrogens with one attached hydrogen (secondary N) is 1. The highest BCUT2D eigenvalue weighted by molar-refractivity contribution is 7.12. The number of amides is 2. The van der Waals surface area contributed by atoms with Gasteiger partial charge in [0.25, 0.3) is 11.8 Å². The zero-order chi connectivity index (χ0) is 24.1. The number of allylic oxidation sites excluding steroid dienone is 1. The summed E-state index contributed by atoms with van der Waals surface area (Å²) in [7, 11) is 0. The highest BCUT2D eigenvalue weighted by Gasteiger charge is 2.39. The van der Waals surface area contributed by atoms with E-state index in [2.05, 4.69) is 10.3 Å². The minimum absolute atomic E-state index is 0.119. The summed E-state index contributed by atoms with van der Waals surface area (Å²) in [6.45, 7) is 1.37. The number of carbonyl (C=O) groups is 2. The van der Waals surface area contributed by atoms with E-state index in [1.807, 2.05) is 42.5 Å². The summed E-state index contributed by atoms with van der Waals surface area (Å²) < 4.78 is 0. The fourth-order valence-corrected chi connectivity index (χ4v) is 5.55. The van der Waals surface area contributed by atoms with Crippen molar-refractivity contribution in [3.05, 3.63) is 68.4 Å². The van der Waals surface area contributed by atoms with Gasteiger partial charge in [-0.25, -0.2) is 0 Å². The predicted molar refractivity (Wildman–Crippen MR) is 133 cm³/mol. The van der Waals surface area contributed by atoms with Gasteiger partial charge in [-0.05, 0) is 54.7 Å². The summed E-state index contributed by atoms with van der Waals surface area (Å²) in [5.74, 6) is -1.40. The molecule has 34 heavy (non-hydrogen) atoms. The van der Waals surface area contributed by atoms with Crippen LogP contribution in [0.4, 0.5) is 0 Å². The Hall–Kier alpha value is -2.52. The normalized spacial score (nSPS) is 19.6. The van der Waals surface area contributed by atoms with Crippen molar-refractivity contribution >= 4 is 41.0 Å². The number of hydrogen-bond donors (Lipinski definition) is 3. The molecular weight excluding hydrogens is 474 g/mol. The van der Waals surface area contributed by atoms with Crippen LogP contribution in [0.5, 0.6) is 0 Å². The van der Waals surface area contributed by atoms with E-state index in [1.165, 1.54) is 11.3 Å². The largest absolute Gasteiger partial charge is 0.380 e. The van der Waals surface area contributed by atoms with E-state index >= 15 is 0 Å². The van der Waals surface area contributed by atoms with Crippen molar-refractivity contribution in [2.45, 2.75) is 50.5 Å². The number of aliphatic imine (C=N–C) groups is 1. The van der Waals surface area contributed by atoms with Gasteiger partial charge in [0.1, 0.15) is 0 Å². The molecule has 1 unspecified atom stereocenters. The van der Waals surface area contributed by atoms with Crippen molar-refractivity contribution < 1.29 is 19.8 Å². The number of benzene rings is 1. The molecule has 0 saturated carbocycles. The fraction of sp³-hybridized carbons (Fsp3) is 0.400. The Morgan fingerprint density at radius 1 is 1.18 bits per heavy atom. The topological polar surface area (TPSA) is 102 Å².